The summed E-state index contributed by atoms with van der Waals surface area (Å²) in [5.74, 6) is -1.51. The third-order valence-electron chi connectivity index (χ3n) is 5.02. The lowest BCUT2D eigenvalue weighted by Gasteiger charge is -2.28. The van der Waals surface area contributed by atoms with E-state index in [-0.39, 0.29) is 24.3 Å². The average molecular weight is 390 g/mol. The Morgan fingerprint density at radius 1 is 1.29 bits per heavy atom. The highest BCUT2D eigenvalue weighted by atomic mass is 16.5. The summed E-state index contributed by atoms with van der Waals surface area (Å²) < 4.78 is 5.06. The molecular formula is C21H30N2O5. The quantitative estimate of drug-likeness (QED) is 0.593. The second kappa shape index (κ2) is 10.8. The van der Waals surface area contributed by atoms with Gasteiger partial charge in [0.25, 0.3) is 0 Å². The molecule has 1 heterocycles. The molecule has 7 heteroatoms. The highest BCUT2D eigenvalue weighted by Gasteiger charge is 2.36. The summed E-state index contributed by atoms with van der Waals surface area (Å²) in [6.07, 6.45) is 2.77. The summed E-state index contributed by atoms with van der Waals surface area (Å²) in [4.78, 5) is 37.5. The predicted octanol–water partition coefficient (Wildman–Crippen LogP) is 1.99. The van der Waals surface area contributed by atoms with E-state index in [0.717, 1.165) is 12.0 Å². The predicted molar refractivity (Wildman–Crippen MR) is 105 cm³/mol. The monoisotopic (exact) mass is 390 g/mol. The first kappa shape index (κ1) is 21.9. The van der Waals surface area contributed by atoms with E-state index in [4.69, 9.17) is 4.74 Å². The largest absolute Gasteiger partial charge is 0.480 e. The van der Waals surface area contributed by atoms with Crippen LogP contribution in [0.3, 0.4) is 0 Å². The molecule has 1 amide bonds. The molecule has 0 aromatic heterocycles. The normalized spacial score (nSPS) is 18.5. The molecule has 2 N–H and O–H groups in total. The molecule has 2 rings (SSSR count). The summed E-state index contributed by atoms with van der Waals surface area (Å²) in [6, 6.07) is 8.37. The molecule has 1 aliphatic heterocycles. The third kappa shape index (κ3) is 6.34. The van der Waals surface area contributed by atoms with Crippen LogP contribution in [0, 0.1) is 0 Å². The van der Waals surface area contributed by atoms with Crippen LogP contribution in [0.1, 0.15) is 45.1 Å². The first-order chi connectivity index (χ1) is 13.4. The van der Waals surface area contributed by atoms with Crippen LogP contribution < -0.4 is 5.32 Å². The smallest absolute Gasteiger partial charge is 0.326 e. The molecule has 0 unspecified atom stereocenters. The zero-order chi connectivity index (χ0) is 20.5. The first-order valence-corrected chi connectivity index (χ1v) is 9.91. The number of carboxylic acids is 1. The molecule has 1 aromatic rings. The van der Waals surface area contributed by atoms with E-state index in [1.54, 1.807) is 13.8 Å². The maximum atomic E-state index is 12.8. The molecule has 1 fully saturated rings. The van der Waals surface area contributed by atoms with Gasteiger partial charge in [-0.1, -0.05) is 30.3 Å². The number of hydrogen-bond acceptors (Lipinski definition) is 5. The lowest BCUT2D eigenvalue weighted by Crippen LogP contribution is -2.51. The Hall–Kier alpha value is -2.41. The number of hydrogen-bond donors (Lipinski definition) is 2. The molecule has 0 radical (unpaired) electrons. The fraction of sp³-hybridized carbons (Fsp3) is 0.571. The third-order valence-corrected chi connectivity index (χ3v) is 5.02. The number of nitrogens with one attached hydrogen (secondary N) is 1. The van der Waals surface area contributed by atoms with E-state index < -0.39 is 18.1 Å². The summed E-state index contributed by atoms with van der Waals surface area (Å²) in [5, 5.41) is 12.5. The van der Waals surface area contributed by atoms with Gasteiger partial charge < -0.3 is 20.1 Å². The van der Waals surface area contributed by atoms with Gasteiger partial charge in [0.2, 0.25) is 5.91 Å². The van der Waals surface area contributed by atoms with Crippen molar-refractivity contribution in [3.8, 4) is 0 Å². The minimum Gasteiger partial charge on any atom is -0.480 e. The lowest BCUT2D eigenvalue weighted by molar-refractivity contribution is -0.149. The van der Waals surface area contributed by atoms with E-state index in [1.165, 1.54) is 4.90 Å². The zero-order valence-electron chi connectivity index (χ0n) is 16.6. The van der Waals surface area contributed by atoms with Crippen LogP contribution in [-0.4, -0.2) is 59.1 Å². The summed E-state index contributed by atoms with van der Waals surface area (Å²) in [6.45, 7) is 4.25. The molecule has 1 aliphatic rings. The van der Waals surface area contributed by atoms with Crippen LogP contribution >= 0.6 is 0 Å². The SMILES string of the molecule is CCOC(=O)C[C@H](CCc1ccccc1)N[C@@H](C)C(=O)N1CCC[C@H]1C(=O)O. The lowest BCUT2D eigenvalue weighted by atomic mass is 10.0. The Morgan fingerprint density at radius 2 is 2.00 bits per heavy atom. The first-order valence-electron chi connectivity index (χ1n) is 9.91. The van der Waals surface area contributed by atoms with Gasteiger partial charge in [0.05, 0.1) is 19.1 Å². The fourth-order valence-electron chi connectivity index (χ4n) is 3.61. The Morgan fingerprint density at radius 3 is 2.64 bits per heavy atom. The van der Waals surface area contributed by atoms with Crippen LogP contribution in [0.25, 0.3) is 0 Å². The highest BCUT2D eigenvalue weighted by molar-refractivity contribution is 5.87. The van der Waals surface area contributed by atoms with Crippen molar-refractivity contribution in [2.24, 2.45) is 0 Å². The standard InChI is InChI=1S/C21H30N2O5/c1-3-28-19(24)14-17(12-11-16-8-5-4-6-9-16)22-15(2)20(25)23-13-7-10-18(23)21(26)27/h4-6,8-9,15,17-18,22H,3,7,10-14H2,1-2H3,(H,26,27)/t15-,17-,18-/m0/s1. The number of likely N-dealkylation sites (tertiary alicyclic amines) is 1. The molecule has 0 spiro atoms. The Balaban J connectivity index is 1.99. The molecule has 7 nitrogen and oxygen atoms in total. The van der Waals surface area contributed by atoms with Gasteiger partial charge in [0.1, 0.15) is 6.04 Å². The molecule has 1 aromatic carbocycles. The van der Waals surface area contributed by atoms with E-state index in [2.05, 4.69) is 5.32 Å². The number of carboxylic acid groups (broad SMARTS) is 1. The maximum Gasteiger partial charge on any atom is 0.326 e. The van der Waals surface area contributed by atoms with Crippen LogP contribution in [0.4, 0.5) is 0 Å². The minimum absolute atomic E-state index is 0.167. The molecule has 3 atom stereocenters. The van der Waals surface area contributed by atoms with Crippen molar-refractivity contribution in [1.82, 2.24) is 10.2 Å². The van der Waals surface area contributed by atoms with Crippen LogP contribution in [0.2, 0.25) is 0 Å². The number of benzene rings is 1. The minimum atomic E-state index is -0.967. The van der Waals surface area contributed by atoms with Crippen LogP contribution in [0.15, 0.2) is 30.3 Å². The summed E-state index contributed by atoms with van der Waals surface area (Å²) in [5.41, 5.74) is 1.16. The second-order valence-electron chi connectivity index (χ2n) is 7.15. The number of amides is 1. The Kier molecular flexibility index (Phi) is 8.44. The van der Waals surface area contributed by atoms with Crippen molar-refractivity contribution < 1.29 is 24.2 Å². The molecule has 154 valence electrons. The number of aliphatic carboxylic acids is 1. The van der Waals surface area contributed by atoms with E-state index >= 15 is 0 Å². The van der Waals surface area contributed by atoms with Gasteiger partial charge in [-0.25, -0.2) is 4.79 Å². The van der Waals surface area contributed by atoms with Gasteiger partial charge >= 0.3 is 11.9 Å². The Bertz CT molecular complexity index is 664. The topological polar surface area (TPSA) is 95.9 Å². The van der Waals surface area contributed by atoms with Gasteiger partial charge in [-0.15, -0.1) is 0 Å². The summed E-state index contributed by atoms with van der Waals surface area (Å²) >= 11 is 0. The molecule has 0 saturated carbocycles. The van der Waals surface area contributed by atoms with Gasteiger partial charge in [-0.3, -0.25) is 9.59 Å². The second-order valence-corrected chi connectivity index (χ2v) is 7.15. The van der Waals surface area contributed by atoms with Crippen molar-refractivity contribution in [2.75, 3.05) is 13.2 Å². The maximum absolute atomic E-state index is 12.8. The summed E-state index contributed by atoms with van der Waals surface area (Å²) in [7, 11) is 0. The number of rotatable bonds is 10. The number of carbonyl (C=O) groups is 3. The van der Waals surface area contributed by atoms with Crippen LogP contribution in [-0.2, 0) is 25.5 Å². The number of nitrogens with zero attached hydrogens (tertiary/aromatic N) is 1. The van der Waals surface area contributed by atoms with Crippen molar-refractivity contribution in [3.63, 3.8) is 0 Å². The molecule has 0 aliphatic carbocycles. The van der Waals surface area contributed by atoms with Gasteiger partial charge in [-0.2, -0.15) is 0 Å². The van der Waals surface area contributed by atoms with Crippen molar-refractivity contribution in [1.29, 1.82) is 0 Å². The number of aryl methyl sites for hydroxylation is 1. The molecular weight excluding hydrogens is 360 g/mol. The van der Waals surface area contributed by atoms with Crippen molar-refractivity contribution in [3.05, 3.63) is 35.9 Å². The van der Waals surface area contributed by atoms with Gasteiger partial charge in [-0.05, 0) is 45.1 Å². The number of esters is 1. The van der Waals surface area contributed by atoms with Gasteiger partial charge in [0, 0.05) is 12.6 Å². The zero-order valence-corrected chi connectivity index (χ0v) is 16.6. The molecule has 28 heavy (non-hydrogen) atoms. The van der Waals surface area contributed by atoms with Crippen molar-refractivity contribution >= 4 is 17.8 Å². The average Bonchev–Trinajstić information content (AvgIpc) is 3.16. The van der Waals surface area contributed by atoms with E-state index in [1.807, 2.05) is 30.3 Å². The van der Waals surface area contributed by atoms with E-state index in [0.29, 0.717) is 32.4 Å². The molecule has 1 saturated heterocycles. The van der Waals surface area contributed by atoms with E-state index in [9.17, 15) is 19.5 Å². The molecule has 0 bridgehead atoms. The fourth-order valence-corrected chi connectivity index (χ4v) is 3.61. The Labute approximate surface area is 166 Å². The van der Waals surface area contributed by atoms with Gasteiger partial charge in [0.15, 0.2) is 0 Å². The van der Waals surface area contributed by atoms with Crippen LogP contribution in [0.5, 0.6) is 0 Å². The van der Waals surface area contributed by atoms with Crippen molar-refractivity contribution in [2.45, 2.75) is 64.1 Å². The number of carbonyl (C=O) groups excluding carboxylic acids is 2. The number of ether oxygens (including phenoxy) is 1. The highest BCUT2D eigenvalue weighted by Crippen LogP contribution is 2.19.